The number of hydrogen-bond donors (Lipinski definition) is 2. The minimum absolute atomic E-state index is 0.0649. The predicted octanol–water partition coefficient (Wildman–Crippen LogP) is 2.70. The third-order valence-electron chi connectivity index (χ3n) is 3.59. The minimum Gasteiger partial charge on any atom is -0.438 e. The number of hydrazone groups is 1. The van der Waals surface area contributed by atoms with E-state index in [1.54, 1.807) is 54.1 Å². The van der Waals surface area contributed by atoms with Gasteiger partial charge in [0, 0.05) is 5.38 Å². The molecule has 1 aliphatic heterocycles. The maximum absolute atomic E-state index is 12.0. The predicted molar refractivity (Wildman–Crippen MR) is 105 cm³/mol. The average molecular weight is 399 g/mol. The summed E-state index contributed by atoms with van der Waals surface area (Å²) in [6.45, 7) is 0. The molecule has 0 aliphatic carbocycles. The van der Waals surface area contributed by atoms with Crippen LogP contribution in [0.2, 0.25) is 0 Å². The fraction of sp³-hybridized carbons (Fsp3) is 0. The minimum atomic E-state index is -3.70. The van der Waals surface area contributed by atoms with Crippen LogP contribution >= 0.6 is 11.3 Å². The monoisotopic (exact) mass is 399 g/mol. The summed E-state index contributed by atoms with van der Waals surface area (Å²) >= 11 is 1.36. The normalized spacial score (nSPS) is 14.7. The number of nitrogens with one attached hydrogen (secondary N) is 1. The van der Waals surface area contributed by atoms with Gasteiger partial charge in [0.2, 0.25) is 11.0 Å². The summed E-state index contributed by atoms with van der Waals surface area (Å²) in [4.78, 5) is 4.18. The molecule has 0 bridgehead atoms. The Kier molecular flexibility index (Phi) is 4.34. The zero-order chi connectivity index (χ0) is 18.9. The lowest BCUT2D eigenvalue weighted by Crippen LogP contribution is -2.07. The number of anilines is 2. The highest BCUT2D eigenvalue weighted by molar-refractivity contribution is 7.90. The lowest BCUT2D eigenvalue weighted by atomic mass is 10.2. The quantitative estimate of drug-likeness (QED) is 0.514. The first-order valence-corrected chi connectivity index (χ1v) is 10.1. The van der Waals surface area contributed by atoms with Gasteiger partial charge in [-0.2, -0.15) is 13.5 Å². The maximum atomic E-state index is 12.0. The third-order valence-corrected chi connectivity index (χ3v) is 5.67. The van der Waals surface area contributed by atoms with Crippen molar-refractivity contribution in [1.82, 2.24) is 4.98 Å². The molecule has 10 heteroatoms. The number of sulfonamides is 1. The molecule has 3 aromatic rings. The Balaban J connectivity index is 1.46. The average Bonchev–Trinajstić information content (AvgIpc) is 3.18. The zero-order valence-corrected chi connectivity index (χ0v) is 15.4. The van der Waals surface area contributed by atoms with Crippen LogP contribution in [0.1, 0.15) is 11.1 Å². The molecule has 3 N–H and O–H groups in total. The molecule has 0 spiro atoms. The van der Waals surface area contributed by atoms with E-state index in [1.807, 2.05) is 0 Å². The molecule has 27 heavy (non-hydrogen) atoms. The van der Waals surface area contributed by atoms with Crippen LogP contribution in [0.5, 0.6) is 5.75 Å². The number of nitrogens with two attached hydrogens (primary N) is 1. The van der Waals surface area contributed by atoms with E-state index in [9.17, 15) is 8.42 Å². The topological polar surface area (TPSA) is 119 Å². The van der Waals surface area contributed by atoms with E-state index in [0.29, 0.717) is 22.3 Å². The number of nitrogens with zero attached hydrogens (tertiary/aromatic N) is 3. The van der Waals surface area contributed by atoms with Crippen molar-refractivity contribution in [2.75, 3.05) is 11.2 Å². The first-order valence-electron chi connectivity index (χ1n) is 7.74. The first-order chi connectivity index (χ1) is 13.0. The van der Waals surface area contributed by atoms with Gasteiger partial charge in [0.25, 0.3) is 10.0 Å². The maximum Gasteiger partial charge on any atom is 0.286 e. The van der Waals surface area contributed by atoms with Gasteiger partial charge in [-0.15, -0.1) is 15.7 Å². The van der Waals surface area contributed by atoms with E-state index in [4.69, 9.17) is 10.5 Å². The van der Waals surface area contributed by atoms with Gasteiger partial charge in [0.05, 0.1) is 11.8 Å². The van der Waals surface area contributed by atoms with Crippen LogP contribution in [-0.2, 0) is 10.0 Å². The second kappa shape index (κ2) is 6.82. The lowest BCUT2D eigenvalue weighted by Gasteiger charge is -2.05. The largest absolute Gasteiger partial charge is 0.438 e. The van der Waals surface area contributed by atoms with Gasteiger partial charge < -0.3 is 10.5 Å². The molecular weight excluding hydrogens is 386 g/mol. The summed E-state index contributed by atoms with van der Waals surface area (Å²) in [5, 5.41) is 6.40. The number of aromatic nitrogens is 1. The van der Waals surface area contributed by atoms with Crippen LogP contribution < -0.4 is 15.9 Å². The Morgan fingerprint density at radius 2 is 1.93 bits per heavy atom. The van der Waals surface area contributed by atoms with Gasteiger partial charge in [-0.3, -0.25) is 5.43 Å². The van der Waals surface area contributed by atoms with E-state index in [0.717, 1.165) is 5.56 Å². The highest BCUT2D eigenvalue weighted by Gasteiger charge is 2.29. The molecule has 1 aliphatic rings. The molecule has 0 atom stereocenters. The number of nitrogen functional groups attached to an aromatic ring is 1. The van der Waals surface area contributed by atoms with Crippen LogP contribution in [-0.4, -0.2) is 25.5 Å². The zero-order valence-electron chi connectivity index (χ0n) is 13.7. The number of hydrogen-bond acceptors (Lipinski definition) is 8. The standard InChI is InChI=1S/C17H13N5O3S2/c18-15-10-26-17(20-15)21-19-9-11-5-7-12(8-6-11)25-16-13-3-1-2-4-14(13)27(23,24)22-16/h1-10H,18H2,(H,20,21). The number of ether oxygens (including phenoxy) is 1. The van der Waals surface area contributed by atoms with Crippen LogP contribution in [0.4, 0.5) is 10.9 Å². The molecule has 4 rings (SSSR count). The summed E-state index contributed by atoms with van der Waals surface area (Å²) in [6.07, 6.45) is 1.62. The number of fused-ring (bicyclic) bond motifs is 1. The van der Waals surface area contributed by atoms with E-state index in [2.05, 4.69) is 19.9 Å². The Bertz CT molecular complexity index is 1150. The van der Waals surface area contributed by atoms with Crippen molar-refractivity contribution in [3.63, 3.8) is 0 Å². The molecule has 136 valence electrons. The number of thiazole rings is 1. The van der Waals surface area contributed by atoms with E-state index in [-0.39, 0.29) is 10.8 Å². The van der Waals surface area contributed by atoms with Crippen LogP contribution in [0.25, 0.3) is 0 Å². The van der Waals surface area contributed by atoms with Crippen molar-refractivity contribution in [3.05, 3.63) is 65.0 Å². The van der Waals surface area contributed by atoms with Crippen LogP contribution in [0.15, 0.2) is 68.3 Å². The van der Waals surface area contributed by atoms with Crippen LogP contribution in [0, 0.1) is 0 Å². The van der Waals surface area contributed by atoms with Crippen molar-refractivity contribution in [3.8, 4) is 5.75 Å². The number of benzene rings is 2. The molecule has 0 radical (unpaired) electrons. The Labute approximate surface area is 159 Å². The fourth-order valence-electron chi connectivity index (χ4n) is 2.38. The summed E-state index contributed by atoms with van der Waals surface area (Å²) < 4.78 is 33.4. The summed E-state index contributed by atoms with van der Waals surface area (Å²) in [6, 6.07) is 13.5. The Hall–Kier alpha value is -3.24. The lowest BCUT2D eigenvalue weighted by molar-refractivity contribution is 0.554. The third kappa shape index (κ3) is 3.66. The van der Waals surface area contributed by atoms with Gasteiger partial charge in [-0.1, -0.05) is 12.1 Å². The SMILES string of the molecule is Nc1csc(NN=Cc2ccc(OC3=NS(=O)(=O)c4ccccc43)cc2)n1. The fourth-order valence-corrected chi connectivity index (χ4v) is 4.07. The summed E-state index contributed by atoms with van der Waals surface area (Å²) in [5.41, 5.74) is 9.60. The molecule has 0 saturated carbocycles. The highest BCUT2D eigenvalue weighted by atomic mass is 32.2. The molecule has 0 saturated heterocycles. The van der Waals surface area contributed by atoms with E-state index < -0.39 is 10.0 Å². The molecule has 0 amide bonds. The van der Waals surface area contributed by atoms with Crippen molar-refractivity contribution >= 4 is 44.4 Å². The molecule has 1 aromatic heterocycles. The van der Waals surface area contributed by atoms with Crippen molar-refractivity contribution in [2.45, 2.75) is 4.90 Å². The second-order valence-electron chi connectivity index (χ2n) is 5.49. The van der Waals surface area contributed by atoms with Gasteiger partial charge in [0.1, 0.15) is 16.5 Å². The number of rotatable bonds is 4. The van der Waals surface area contributed by atoms with Crippen molar-refractivity contribution < 1.29 is 13.2 Å². The molecule has 2 heterocycles. The van der Waals surface area contributed by atoms with Gasteiger partial charge >= 0.3 is 0 Å². The second-order valence-corrected chi connectivity index (χ2v) is 7.92. The van der Waals surface area contributed by atoms with Crippen LogP contribution in [0.3, 0.4) is 0 Å². The van der Waals surface area contributed by atoms with Gasteiger partial charge in [-0.05, 0) is 42.0 Å². The van der Waals surface area contributed by atoms with E-state index in [1.165, 1.54) is 17.4 Å². The molecule has 8 nitrogen and oxygen atoms in total. The smallest absolute Gasteiger partial charge is 0.286 e. The first kappa shape index (κ1) is 17.2. The molecular formula is C17H13N5O3S2. The van der Waals surface area contributed by atoms with Crippen molar-refractivity contribution in [2.24, 2.45) is 9.50 Å². The Morgan fingerprint density at radius 1 is 1.15 bits per heavy atom. The summed E-state index contributed by atoms with van der Waals surface area (Å²) in [5.74, 6) is 0.978. The summed E-state index contributed by atoms with van der Waals surface area (Å²) in [7, 11) is -3.70. The Morgan fingerprint density at radius 3 is 2.67 bits per heavy atom. The van der Waals surface area contributed by atoms with Crippen molar-refractivity contribution in [1.29, 1.82) is 0 Å². The van der Waals surface area contributed by atoms with Gasteiger partial charge in [0.15, 0.2) is 0 Å². The highest BCUT2D eigenvalue weighted by Crippen LogP contribution is 2.27. The molecule has 0 fully saturated rings. The van der Waals surface area contributed by atoms with E-state index >= 15 is 0 Å². The molecule has 0 unspecified atom stereocenters. The van der Waals surface area contributed by atoms with Gasteiger partial charge in [-0.25, -0.2) is 4.98 Å². The molecule has 2 aromatic carbocycles.